The van der Waals surface area contributed by atoms with Gasteiger partial charge in [0.05, 0.1) is 30.8 Å². The fraction of sp³-hybridized carbons (Fsp3) is 0.643. The standard InChI is InChI=1S/C20H38O7S.C8H6O7S.Na.H/c1-5-9-11-16(7-3)14-26-19(21)13-18(28(23,24)25)20(22)27-15-17(8-4)12-10-6-2;9-7(10)5-3-1-2-4-6(5)8(11)15-16(12,13)14;;/h16-18H,5-15H2,1-4H3,(H,23,24,25);1-4H,(H,9,10)(H,12,13,14);;. The average Bonchev–Trinajstić information content (AvgIpc) is 2.94. The Morgan fingerprint density at radius 2 is 1.24 bits per heavy atom. The molecular formula is C28H45NaO14S2. The van der Waals surface area contributed by atoms with Crippen LogP contribution in [0.15, 0.2) is 24.3 Å². The molecule has 0 heterocycles. The quantitative estimate of drug-likeness (QED) is 0.106. The van der Waals surface area contributed by atoms with E-state index in [9.17, 15) is 40.6 Å². The van der Waals surface area contributed by atoms with Crippen LogP contribution in [0.2, 0.25) is 0 Å². The molecule has 17 heteroatoms. The van der Waals surface area contributed by atoms with E-state index in [2.05, 4.69) is 18.0 Å². The van der Waals surface area contributed by atoms with Crippen molar-refractivity contribution in [3.05, 3.63) is 35.4 Å². The van der Waals surface area contributed by atoms with E-state index in [1.54, 1.807) is 0 Å². The Balaban J connectivity index is 0. The Labute approximate surface area is 287 Å². The number of carbonyl (C=O) groups is 4. The van der Waals surface area contributed by atoms with E-state index in [0.29, 0.717) is 0 Å². The summed E-state index contributed by atoms with van der Waals surface area (Å²) in [4.78, 5) is 46.0. The van der Waals surface area contributed by atoms with E-state index in [4.69, 9.17) is 19.1 Å². The molecule has 0 spiro atoms. The first-order valence-corrected chi connectivity index (χ1v) is 17.2. The SMILES string of the molecule is CCCCC(CC)COC(=O)CC(C(=O)OCC(CC)CCCC)S(=O)(=O)O.O=C(O)c1ccccc1C(=O)OS(=O)(=O)O.[NaH]. The molecular weight excluding hydrogens is 647 g/mol. The average molecular weight is 693 g/mol. The van der Waals surface area contributed by atoms with Gasteiger partial charge in [0.25, 0.3) is 10.1 Å². The van der Waals surface area contributed by atoms with Crippen LogP contribution in [0, 0.1) is 11.8 Å². The van der Waals surface area contributed by atoms with Crippen LogP contribution in [0.1, 0.15) is 106 Å². The van der Waals surface area contributed by atoms with Crippen molar-refractivity contribution in [2.24, 2.45) is 11.8 Å². The first-order valence-electron chi connectivity index (χ1n) is 14.3. The van der Waals surface area contributed by atoms with Crippen molar-refractivity contribution in [2.75, 3.05) is 13.2 Å². The van der Waals surface area contributed by atoms with Crippen LogP contribution in [0.5, 0.6) is 0 Å². The number of hydrogen-bond acceptors (Lipinski definition) is 11. The van der Waals surface area contributed by atoms with Gasteiger partial charge in [0.1, 0.15) is 0 Å². The maximum absolute atomic E-state index is 12.2. The predicted octanol–water partition coefficient (Wildman–Crippen LogP) is 3.85. The van der Waals surface area contributed by atoms with Gasteiger partial charge in [0.2, 0.25) is 0 Å². The van der Waals surface area contributed by atoms with E-state index >= 15 is 0 Å². The molecule has 3 N–H and O–H groups in total. The summed E-state index contributed by atoms with van der Waals surface area (Å²) in [6, 6.07) is 4.85. The number of aromatic carboxylic acids is 1. The second-order valence-corrected chi connectivity index (χ2v) is 12.6. The molecule has 14 nitrogen and oxygen atoms in total. The second kappa shape index (κ2) is 23.3. The van der Waals surface area contributed by atoms with Crippen molar-refractivity contribution < 1.29 is 63.9 Å². The molecule has 0 aliphatic rings. The van der Waals surface area contributed by atoms with Crippen molar-refractivity contribution in [3.8, 4) is 0 Å². The van der Waals surface area contributed by atoms with Crippen molar-refractivity contribution in [2.45, 2.75) is 90.7 Å². The molecule has 1 aromatic rings. The van der Waals surface area contributed by atoms with Gasteiger partial charge in [-0.1, -0.05) is 78.4 Å². The zero-order chi connectivity index (χ0) is 33.9. The van der Waals surface area contributed by atoms with E-state index in [1.807, 2.05) is 13.8 Å². The summed E-state index contributed by atoms with van der Waals surface area (Å²) < 4.78 is 75.2. The third-order valence-electron chi connectivity index (χ3n) is 6.56. The normalized spacial score (nSPS) is 13.1. The summed E-state index contributed by atoms with van der Waals surface area (Å²) in [6.45, 7) is 8.35. The van der Waals surface area contributed by atoms with E-state index in [1.165, 1.54) is 12.1 Å². The van der Waals surface area contributed by atoms with Crippen molar-refractivity contribution in [1.29, 1.82) is 0 Å². The Kier molecular flexibility index (Phi) is 23.3. The summed E-state index contributed by atoms with van der Waals surface area (Å²) >= 11 is 0. The molecule has 0 aromatic heterocycles. The molecule has 0 saturated carbocycles. The Bertz CT molecular complexity index is 1280. The Morgan fingerprint density at radius 3 is 1.64 bits per heavy atom. The summed E-state index contributed by atoms with van der Waals surface area (Å²) in [7, 11) is -9.72. The number of unbranched alkanes of at least 4 members (excludes halogenated alkanes) is 2. The number of benzene rings is 1. The van der Waals surface area contributed by atoms with Gasteiger partial charge in [-0.3, -0.25) is 18.7 Å². The van der Waals surface area contributed by atoms with Crippen molar-refractivity contribution in [3.63, 3.8) is 0 Å². The van der Waals surface area contributed by atoms with Crippen LogP contribution in [0.3, 0.4) is 0 Å². The van der Waals surface area contributed by atoms with E-state index in [-0.39, 0.29) is 54.6 Å². The first kappa shape index (κ1) is 45.0. The van der Waals surface area contributed by atoms with Crippen LogP contribution in [-0.4, -0.2) is 103 Å². The van der Waals surface area contributed by atoms with E-state index < -0.39 is 67.2 Å². The molecule has 1 rings (SSSR count). The first-order chi connectivity index (χ1) is 20.5. The molecule has 0 amide bonds. The molecule has 0 aliphatic carbocycles. The molecule has 0 fully saturated rings. The number of hydrogen-bond donors (Lipinski definition) is 3. The third kappa shape index (κ3) is 19.9. The summed E-state index contributed by atoms with van der Waals surface area (Å²) in [6.07, 6.45) is 6.74. The topological polar surface area (TPSA) is 225 Å². The van der Waals surface area contributed by atoms with Crippen molar-refractivity contribution in [1.82, 2.24) is 0 Å². The van der Waals surface area contributed by atoms with Crippen LogP contribution >= 0.6 is 0 Å². The van der Waals surface area contributed by atoms with Gasteiger partial charge in [-0.25, -0.2) is 9.59 Å². The minimum atomic E-state index is -4.96. The van der Waals surface area contributed by atoms with Gasteiger partial charge in [0, 0.05) is 0 Å². The monoisotopic (exact) mass is 692 g/mol. The van der Waals surface area contributed by atoms with Crippen LogP contribution in [0.4, 0.5) is 0 Å². The summed E-state index contributed by atoms with van der Waals surface area (Å²) in [5.41, 5.74) is -0.885. The van der Waals surface area contributed by atoms with E-state index in [0.717, 1.165) is 63.5 Å². The summed E-state index contributed by atoms with van der Waals surface area (Å²) in [5, 5.41) is 6.75. The van der Waals surface area contributed by atoms with Crippen LogP contribution in [0.25, 0.3) is 0 Å². The van der Waals surface area contributed by atoms with Gasteiger partial charge >= 0.3 is 63.8 Å². The molecule has 0 bridgehead atoms. The van der Waals surface area contributed by atoms with Gasteiger partial charge in [-0.2, -0.15) is 16.8 Å². The van der Waals surface area contributed by atoms with Crippen LogP contribution in [-0.2, 0) is 43.8 Å². The number of carboxylic acid groups (broad SMARTS) is 1. The predicted molar refractivity (Wildman–Crippen MR) is 166 cm³/mol. The van der Waals surface area contributed by atoms with Crippen molar-refractivity contribution >= 4 is 74.0 Å². The number of ether oxygens (including phenoxy) is 2. The second-order valence-electron chi connectivity index (χ2n) is 10.0. The fourth-order valence-corrected chi connectivity index (χ4v) is 4.75. The number of carboxylic acids is 1. The third-order valence-corrected chi connectivity index (χ3v) is 8.00. The fourth-order valence-electron chi connectivity index (χ4n) is 3.81. The molecule has 0 aliphatic heterocycles. The molecule has 1 aromatic carbocycles. The van der Waals surface area contributed by atoms with Gasteiger partial charge in [0.15, 0.2) is 5.25 Å². The summed E-state index contributed by atoms with van der Waals surface area (Å²) in [5.74, 6) is -4.48. The van der Waals surface area contributed by atoms with Gasteiger partial charge in [-0.05, 0) is 36.8 Å². The molecule has 254 valence electrons. The molecule has 0 radical (unpaired) electrons. The zero-order valence-electron chi connectivity index (χ0n) is 25.5. The number of esters is 2. The Hall–Kier alpha value is -2.08. The van der Waals surface area contributed by atoms with Crippen LogP contribution < -0.4 is 0 Å². The number of rotatable bonds is 19. The molecule has 45 heavy (non-hydrogen) atoms. The minimum absolute atomic E-state index is 0. The zero-order valence-corrected chi connectivity index (χ0v) is 27.1. The number of carbonyl (C=O) groups excluding carboxylic acids is 3. The van der Waals surface area contributed by atoms with Gasteiger partial charge < -0.3 is 18.8 Å². The molecule has 3 atom stereocenters. The maximum atomic E-state index is 12.2. The molecule has 3 unspecified atom stereocenters. The molecule has 0 saturated heterocycles. The van der Waals surface area contributed by atoms with Gasteiger partial charge in [-0.15, -0.1) is 0 Å². The Morgan fingerprint density at radius 1 is 0.778 bits per heavy atom.